The Kier molecular flexibility index (Phi) is 10.4. The number of halogens is 2. The van der Waals surface area contributed by atoms with Crippen molar-refractivity contribution in [3.05, 3.63) is 65.5 Å². The molecule has 0 aliphatic heterocycles. The van der Waals surface area contributed by atoms with Crippen LogP contribution in [0.15, 0.2) is 58.4 Å². The summed E-state index contributed by atoms with van der Waals surface area (Å²) in [6.45, 7) is 3.61. The average Bonchev–Trinajstić information content (AvgIpc) is 2.68. The van der Waals surface area contributed by atoms with Gasteiger partial charge in [0.15, 0.2) is 5.96 Å². The van der Waals surface area contributed by atoms with Crippen LogP contribution in [0.3, 0.4) is 0 Å². The van der Waals surface area contributed by atoms with Gasteiger partial charge in [-0.3, -0.25) is 0 Å². The second-order valence-corrected chi connectivity index (χ2v) is 7.70. The summed E-state index contributed by atoms with van der Waals surface area (Å²) in [5.41, 5.74) is 1.54. The zero-order valence-corrected chi connectivity index (χ0v) is 19.1. The number of guanidine groups is 1. The Hall–Kier alpha value is -1.72. The van der Waals surface area contributed by atoms with Gasteiger partial charge in [0, 0.05) is 13.1 Å². The number of hydrogen-bond acceptors (Lipinski definition) is 3. The fraction of sp³-hybridized carbons (Fsp3) is 0.316. The molecule has 0 atom stereocenters. The molecule has 2 aromatic rings. The maximum absolute atomic E-state index is 13.7. The minimum Gasteiger partial charge on any atom is -0.357 e. The van der Waals surface area contributed by atoms with Crippen LogP contribution in [0.1, 0.15) is 18.1 Å². The van der Waals surface area contributed by atoms with E-state index < -0.39 is 10.0 Å². The van der Waals surface area contributed by atoms with Crippen molar-refractivity contribution >= 4 is 40.0 Å². The quantitative estimate of drug-likeness (QED) is 0.284. The molecule has 0 saturated heterocycles. The number of aliphatic imine (C=N–C) groups is 1. The van der Waals surface area contributed by atoms with Crippen molar-refractivity contribution in [3.63, 3.8) is 0 Å². The van der Waals surface area contributed by atoms with E-state index in [-0.39, 0.29) is 34.7 Å². The van der Waals surface area contributed by atoms with E-state index in [1.807, 2.05) is 13.0 Å². The fourth-order valence-electron chi connectivity index (χ4n) is 2.42. The minimum atomic E-state index is -3.44. The smallest absolute Gasteiger partial charge is 0.240 e. The van der Waals surface area contributed by atoms with E-state index in [1.165, 1.54) is 13.1 Å². The van der Waals surface area contributed by atoms with E-state index in [9.17, 15) is 12.8 Å². The summed E-state index contributed by atoms with van der Waals surface area (Å²) in [5, 5.41) is 6.32. The van der Waals surface area contributed by atoms with Crippen LogP contribution in [-0.4, -0.2) is 34.5 Å². The Morgan fingerprint density at radius 2 is 1.75 bits per heavy atom. The third-order valence-electron chi connectivity index (χ3n) is 3.91. The van der Waals surface area contributed by atoms with Gasteiger partial charge in [0.1, 0.15) is 5.82 Å². The Bertz CT molecular complexity index is 874. The molecule has 0 bridgehead atoms. The van der Waals surface area contributed by atoms with Crippen molar-refractivity contribution in [2.45, 2.75) is 24.8 Å². The van der Waals surface area contributed by atoms with Crippen molar-refractivity contribution in [2.24, 2.45) is 4.99 Å². The molecule has 6 nitrogen and oxygen atoms in total. The largest absolute Gasteiger partial charge is 0.357 e. The van der Waals surface area contributed by atoms with E-state index in [0.717, 1.165) is 5.56 Å². The molecule has 0 saturated carbocycles. The Morgan fingerprint density at radius 1 is 1.07 bits per heavy atom. The van der Waals surface area contributed by atoms with Crippen LogP contribution < -0.4 is 15.4 Å². The summed E-state index contributed by atoms with van der Waals surface area (Å²) in [5.74, 6) is 0.415. The van der Waals surface area contributed by atoms with Crippen molar-refractivity contribution in [1.29, 1.82) is 0 Å². The van der Waals surface area contributed by atoms with Gasteiger partial charge in [-0.15, -0.1) is 24.0 Å². The monoisotopic (exact) mass is 520 g/mol. The predicted octanol–water partition coefficient (Wildman–Crippen LogP) is 2.65. The molecule has 0 unspecified atom stereocenters. The lowest BCUT2D eigenvalue weighted by Gasteiger charge is -2.12. The van der Waals surface area contributed by atoms with Crippen molar-refractivity contribution in [2.75, 3.05) is 20.1 Å². The van der Waals surface area contributed by atoms with Gasteiger partial charge < -0.3 is 10.6 Å². The van der Waals surface area contributed by atoms with Crippen LogP contribution >= 0.6 is 24.0 Å². The Morgan fingerprint density at radius 3 is 2.36 bits per heavy atom. The highest BCUT2D eigenvalue weighted by atomic mass is 127. The van der Waals surface area contributed by atoms with Gasteiger partial charge in [0.25, 0.3) is 0 Å². The molecular formula is C19H26FIN4O2S. The van der Waals surface area contributed by atoms with E-state index in [2.05, 4.69) is 20.3 Å². The number of nitrogens with zero attached hydrogens (tertiary/aromatic N) is 1. The van der Waals surface area contributed by atoms with Crippen molar-refractivity contribution in [1.82, 2.24) is 15.4 Å². The lowest BCUT2D eigenvalue weighted by molar-refractivity contribution is 0.588. The van der Waals surface area contributed by atoms with Crippen LogP contribution in [0.2, 0.25) is 0 Å². The first-order chi connectivity index (χ1) is 13.0. The fourth-order valence-corrected chi connectivity index (χ4v) is 3.15. The molecule has 9 heteroatoms. The van der Waals surface area contributed by atoms with Gasteiger partial charge in [-0.25, -0.2) is 22.5 Å². The third kappa shape index (κ3) is 7.36. The van der Waals surface area contributed by atoms with Gasteiger partial charge in [-0.1, -0.05) is 30.3 Å². The second kappa shape index (κ2) is 12.0. The number of nitrogens with one attached hydrogen (secondary N) is 3. The van der Waals surface area contributed by atoms with E-state index in [0.29, 0.717) is 37.6 Å². The minimum absolute atomic E-state index is 0. The molecule has 0 aromatic heterocycles. The highest BCUT2D eigenvalue weighted by Gasteiger charge is 2.10. The molecule has 2 aromatic carbocycles. The first-order valence-electron chi connectivity index (χ1n) is 8.74. The lowest BCUT2D eigenvalue weighted by atomic mass is 10.1. The van der Waals surface area contributed by atoms with Gasteiger partial charge in [-0.2, -0.15) is 0 Å². The molecule has 0 heterocycles. The Labute approximate surface area is 183 Å². The molecule has 0 amide bonds. The van der Waals surface area contributed by atoms with Gasteiger partial charge >= 0.3 is 0 Å². The molecule has 0 radical (unpaired) electrons. The first kappa shape index (κ1) is 24.3. The zero-order valence-electron chi connectivity index (χ0n) is 15.9. The number of rotatable bonds is 8. The molecule has 0 fully saturated rings. The van der Waals surface area contributed by atoms with Gasteiger partial charge in [-0.05, 0) is 49.7 Å². The predicted molar refractivity (Wildman–Crippen MR) is 121 cm³/mol. The van der Waals surface area contributed by atoms with E-state index >= 15 is 0 Å². The summed E-state index contributed by atoms with van der Waals surface area (Å²) >= 11 is 0. The molecule has 0 spiro atoms. The molecule has 28 heavy (non-hydrogen) atoms. The summed E-state index contributed by atoms with van der Waals surface area (Å²) in [7, 11) is -2.06. The molecule has 0 aliphatic rings. The van der Waals surface area contributed by atoms with Crippen molar-refractivity contribution < 1.29 is 12.8 Å². The normalized spacial score (nSPS) is 11.6. The van der Waals surface area contributed by atoms with Gasteiger partial charge in [0.05, 0.1) is 11.4 Å². The molecular weight excluding hydrogens is 494 g/mol. The summed E-state index contributed by atoms with van der Waals surface area (Å²) < 4.78 is 39.4. The maximum atomic E-state index is 13.7. The summed E-state index contributed by atoms with van der Waals surface area (Å²) in [6, 6.07) is 13.3. The SMILES string of the molecule is CCNC(=NCc1ccc(S(=O)(=O)NC)cc1)NCCc1ccccc1F.I. The summed E-state index contributed by atoms with van der Waals surface area (Å²) in [6.07, 6.45) is 0.549. The average molecular weight is 520 g/mol. The number of benzene rings is 2. The molecule has 2 rings (SSSR count). The topological polar surface area (TPSA) is 82.6 Å². The van der Waals surface area contributed by atoms with Crippen LogP contribution in [0, 0.1) is 5.82 Å². The van der Waals surface area contributed by atoms with Crippen LogP contribution in [0.4, 0.5) is 4.39 Å². The molecule has 0 aliphatic carbocycles. The number of hydrogen-bond donors (Lipinski definition) is 3. The van der Waals surface area contributed by atoms with Gasteiger partial charge in [0.2, 0.25) is 10.0 Å². The van der Waals surface area contributed by atoms with Crippen LogP contribution in [0.25, 0.3) is 0 Å². The standard InChI is InChI=1S/C19H25FN4O2S.HI/c1-3-22-19(23-13-12-16-6-4-5-7-18(16)20)24-14-15-8-10-17(11-9-15)27(25,26)21-2;/h4-11,21H,3,12-14H2,1-2H3,(H2,22,23,24);1H. The highest BCUT2D eigenvalue weighted by Crippen LogP contribution is 2.11. The second-order valence-electron chi connectivity index (χ2n) is 5.81. The first-order valence-corrected chi connectivity index (χ1v) is 10.2. The van der Waals surface area contributed by atoms with Crippen LogP contribution in [-0.2, 0) is 23.0 Å². The maximum Gasteiger partial charge on any atom is 0.240 e. The summed E-state index contributed by atoms with van der Waals surface area (Å²) in [4.78, 5) is 4.70. The van der Waals surface area contributed by atoms with Crippen molar-refractivity contribution in [3.8, 4) is 0 Å². The number of sulfonamides is 1. The highest BCUT2D eigenvalue weighted by molar-refractivity contribution is 14.0. The molecule has 3 N–H and O–H groups in total. The van der Waals surface area contributed by atoms with Crippen LogP contribution in [0.5, 0.6) is 0 Å². The van der Waals surface area contributed by atoms with E-state index in [1.54, 1.807) is 36.4 Å². The third-order valence-corrected chi connectivity index (χ3v) is 5.34. The van der Waals surface area contributed by atoms with E-state index in [4.69, 9.17) is 0 Å². The zero-order chi connectivity index (χ0) is 19.7. The lowest BCUT2D eigenvalue weighted by Crippen LogP contribution is -2.38. The Balaban J connectivity index is 0.00000392. The molecule has 154 valence electrons.